The number of hydrazone groups is 1. The molecule has 2 aromatic carbocycles. The number of hydrogen-bond donors (Lipinski definition) is 4. The number of hydrazine groups is 1. The molecule has 162 valence electrons. The van der Waals surface area contributed by atoms with Gasteiger partial charge >= 0.3 is 0 Å². The van der Waals surface area contributed by atoms with Crippen molar-refractivity contribution in [3.63, 3.8) is 0 Å². The van der Waals surface area contributed by atoms with Crippen molar-refractivity contribution >= 4 is 34.8 Å². The topological polar surface area (TPSA) is 129 Å². The first-order chi connectivity index (χ1) is 14.7. The lowest BCUT2D eigenvalue weighted by atomic mass is 10.1. The number of aryl methyl sites for hydroxylation is 2. The Hall–Kier alpha value is -3.95. The zero-order valence-corrected chi connectivity index (χ0v) is 17.1. The van der Waals surface area contributed by atoms with E-state index in [4.69, 9.17) is 5.73 Å². The summed E-state index contributed by atoms with van der Waals surface area (Å²) in [4.78, 5) is 36.2. The zero-order valence-electron chi connectivity index (χ0n) is 17.1. The lowest BCUT2D eigenvalue weighted by Gasteiger charge is -2.20. The molecule has 1 heterocycles. The summed E-state index contributed by atoms with van der Waals surface area (Å²) < 4.78 is 13.2. The third kappa shape index (κ3) is 5.35. The number of amides is 3. The van der Waals surface area contributed by atoms with Crippen molar-refractivity contribution in [2.24, 2.45) is 10.8 Å². The predicted octanol–water partition coefficient (Wildman–Crippen LogP) is 1.12. The molecule has 3 rings (SSSR count). The number of carbonyl (C=O) groups excluding carboxylic acids is 3. The van der Waals surface area contributed by atoms with Gasteiger partial charge in [0.05, 0.1) is 12.2 Å². The van der Waals surface area contributed by atoms with Gasteiger partial charge in [0.25, 0.3) is 11.8 Å². The average Bonchev–Trinajstić information content (AvgIpc) is 3.18. The summed E-state index contributed by atoms with van der Waals surface area (Å²) in [6.07, 6.45) is -0.0464. The Bertz CT molecular complexity index is 1040. The van der Waals surface area contributed by atoms with Crippen LogP contribution in [0.1, 0.15) is 17.5 Å². The van der Waals surface area contributed by atoms with Gasteiger partial charge in [-0.25, -0.2) is 4.39 Å². The third-order valence-corrected chi connectivity index (χ3v) is 4.73. The molecular weight excluding hydrogens is 403 g/mol. The van der Waals surface area contributed by atoms with E-state index in [0.717, 1.165) is 16.8 Å². The second kappa shape index (κ2) is 9.24. The van der Waals surface area contributed by atoms with Gasteiger partial charge in [-0.15, -0.1) is 0 Å². The minimum Gasteiger partial charge on any atom is -0.376 e. The van der Waals surface area contributed by atoms with E-state index in [9.17, 15) is 18.8 Å². The highest BCUT2D eigenvalue weighted by Crippen LogP contribution is 2.24. The Morgan fingerprint density at radius 1 is 1.13 bits per heavy atom. The summed E-state index contributed by atoms with van der Waals surface area (Å²) in [5.41, 5.74) is 13.3. The highest BCUT2D eigenvalue weighted by Gasteiger charge is 2.35. The van der Waals surface area contributed by atoms with Crippen LogP contribution >= 0.6 is 0 Å². The normalized spacial score (nSPS) is 15.3. The molecule has 0 aromatic heterocycles. The van der Waals surface area contributed by atoms with Crippen LogP contribution in [0.5, 0.6) is 0 Å². The Labute approximate surface area is 178 Å². The summed E-state index contributed by atoms with van der Waals surface area (Å²) in [6, 6.07) is 10.2. The summed E-state index contributed by atoms with van der Waals surface area (Å²) in [5, 5.41) is 8.39. The zero-order chi connectivity index (χ0) is 22.5. The molecule has 0 radical (unpaired) electrons. The molecular formula is C21H23FN6O3. The number of benzene rings is 2. The smallest absolute Gasteiger partial charge is 0.285 e. The molecule has 1 aliphatic rings. The van der Waals surface area contributed by atoms with Gasteiger partial charge in [-0.2, -0.15) is 5.10 Å². The van der Waals surface area contributed by atoms with Crippen LogP contribution in [0.15, 0.2) is 47.6 Å². The van der Waals surface area contributed by atoms with E-state index < -0.39 is 29.6 Å². The molecule has 3 amide bonds. The number of anilines is 2. The van der Waals surface area contributed by atoms with Gasteiger partial charge in [-0.3, -0.25) is 30.2 Å². The van der Waals surface area contributed by atoms with Gasteiger partial charge in [0.2, 0.25) is 5.91 Å². The first-order valence-electron chi connectivity index (χ1n) is 9.56. The molecule has 0 saturated carbocycles. The largest absolute Gasteiger partial charge is 0.376 e. The highest BCUT2D eigenvalue weighted by atomic mass is 19.1. The third-order valence-electron chi connectivity index (χ3n) is 4.73. The van der Waals surface area contributed by atoms with Gasteiger partial charge in [0.1, 0.15) is 17.6 Å². The van der Waals surface area contributed by atoms with E-state index in [1.807, 2.05) is 32.0 Å². The van der Waals surface area contributed by atoms with Crippen molar-refractivity contribution < 1.29 is 18.8 Å². The monoisotopic (exact) mass is 426 g/mol. The van der Waals surface area contributed by atoms with Crippen molar-refractivity contribution in [2.75, 3.05) is 16.9 Å². The fourth-order valence-corrected chi connectivity index (χ4v) is 3.13. The molecule has 0 spiro atoms. The van der Waals surface area contributed by atoms with Crippen LogP contribution in [-0.2, 0) is 14.4 Å². The molecule has 1 atom stereocenters. The molecule has 0 saturated heterocycles. The van der Waals surface area contributed by atoms with Crippen LogP contribution in [0.3, 0.4) is 0 Å². The highest BCUT2D eigenvalue weighted by molar-refractivity contribution is 6.40. The van der Waals surface area contributed by atoms with Crippen molar-refractivity contribution in [3.8, 4) is 0 Å². The van der Waals surface area contributed by atoms with Crippen LogP contribution in [0, 0.1) is 19.7 Å². The van der Waals surface area contributed by atoms with Crippen molar-refractivity contribution in [2.45, 2.75) is 26.3 Å². The Morgan fingerprint density at radius 2 is 1.84 bits per heavy atom. The van der Waals surface area contributed by atoms with E-state index in [0.29, 0.717) is 5.69 Å². The van der Waals surface area contributed by atoms with E-state index >= 15 is 0 Å². The molecule has 2 aromatic rings. The summed E-state index contributed by atoms with van der Waals surface area (Å²) in [5.74, 6) is -2.26. The first kappa shape index (κ1) is 21.8. The van der Waals surface area contributed by atoms with E-state index in [1.54, 1.807) is 0 Å². The molecule has 1 aliphatic heterocycles. The minimum atomic E-state index is -0.895. The van der Waals surface area contributed by atoms with Gasteiger partial charge in [0, 0.05) is 12.1 Å². The fourth-order valence-electron chi connectivity index (χ4n) is 3.13. The van der Waals surface area contributed by atoms with E-state index in [-0.39, 0.29) is 18.7 Å². The number of nitrogens with two attached hydrogens (primary N) is 1. The first-order valence-corrected chi connectivity index (χ1v) is 9.56. The maximum Gasteiger partial charge on any atom is 0.285 e. The number of nitrogens with zero attached hydrogens (tertiary/aromatic N) is 2. The second-order valence-electron chi connectivity index (χ2n) is 7.16. The molecule has 0 aliphatic carbocycles. The SMILES string of the molecule is Cc1ccc(NCC(=O)NNC(=O)C2=NN(c3ccc(F)cc3)C(C(N)=O)C2)c(C)c1. The van der Waals surface area contributed by atoms with Crippen LogP contribution < -0.4 is 26.9 Å². The molecule has 5 N–H and O–H groups in total. The molecule has 9 nitrogen and oxygen atoms in total. The number of nitrogens with one attached hydrogen (secondary N) is 3. The van der Waals surface area contributed by atoms with Gasteiger partial charge in [-0.1, -0.05) is 17.7 Å². The lowest BCUT2D eigenvalue weighted by molar-refractivity contribution is -0.125. The lowest BCUT2D eigenvalue weighted by Crippen LogP contribution is -2.47. The van der Waals surface area contributed by atoms with Crippen LogP contribution in [0.2, 0.25) is 0 Å². The number of hydrogen-bond acceptors (Lipinski definition) is 6. The van der Waals surface area contributed by atoms with Crippen molar-refractivity contribution in [3.05, 3.63) is 59.4 Å². The molecule has 1 unspecified atom stereocenters. The van der Waals surface area contributed by atoms with Crippen molar-refractivity contribution in [1.29, 1.82) is 0 Å². The number of rotatable bonds is 6. The average molecular weight is 426 g/mol. The Balaban J connectivity index is 1.57. The second-order valence-corrected chi connectivity index (χ2v) is 7.16. The molecule has 31 heavy (non-hydrogen) atoms. The molecule has 0 bridgehead atoms. The Morgan fingerprint density at radius 3 is 2.48 bits per heavy atom. The van der Waals surface area contributed by atoms with E-state index in [1.165, 1.54) is 29.3 Å². The van der Waals surface area contributed by atoms with Crippen LogP contribution in [0.4, 0.5) is 15.8 Å². The van der Waals surface area contributed by atoms with E-state index in [2.05, 4.69) is 21.3 Å². The summed E-state index contributed by atoms with van der Waals surface area (Å²) >= 11 is 0. The number of carbonyl (C=O) groups is 3. The summed E-state index contributed by atoms with van der Waals surface area (Å²) in [7, 11) is 0. The Kier molecular flexibility index (Phi) is 6.49. The minimum absolute atomic E-state index is 0.00997. The number of halogens is 1. The fraction of sp³-hybridized carbons (Fsp3) is 0.238. The van der Waals surface area contributed by atoms with Gasteiger partial charge in [0.15, 0.2) is 0 Å². The standard InChI is InChI=1S/C21H23FN6O3/c1-12-3-8-16(13(2)9-12)24-11-19(29)25-26-21(31)17-10-18(20(23)30)28(27-17)15-6-4-14(22)5-7-15/h3-9,18,24H,10-11H2,1-2H3,(H2,23,30)(H,25,29)(H,26,31). The quantitative estimate of drug-likeness (QED) is 0.515. The molecule has 10 heteroatoms. The van der Waals surface area contributed by atoms with Gasteiger partial charge in [-0.05, 0) is 49.7 Å². The number of primary amides is 1. The predicted molar refractivity (Wildman–Crippen MR) is 115 cm³/mol. The van der Waals surface area contributed by atoms with Crippen LogP contribution in [0.25, 0.3) is 0 Å². The maximum absolute atomic E-state index is 13.2. The summed E-state index contributed by atoms with van der Waals surface area (Å²) in [6.45, 7) is 3.85. The van der Waals surface area contributed by atoms with Crippen LogP contribution in [-0.4, -0.2) is 36.0 Å². The van der Waals surface area contributed by atoms with Gasteiger partial charge < -0.3 is 11.1 Å². The maximum atomic E-state index is 13.2. The molecule has 0 fully saturated rings. The van der Waals surface area contributed by atoms with Crippen molar-refractivity contribution in [1.82, 2.24) is 10.9 Å².